The van der Waals surface area contributed by atoms with E-state index in [1.165, 1.54) is 5.57 Å². The van der Waals surface area contributed by atoms with Crippen LogP contribution in [-0.2, 0) is 0 Å². The second-order valence-corrected chi connectivity index (χ2v) is 8.43. The van der Waals surface area contributed by atoms with Crippen molar-refractivity contribution in [1.82, 2.24) is 26.6 Å². The van der Waals surface area contributed by atoms with Crippen LogP contribution in [0.15, 0.2) is 35.7 Å². The van der Waals surface area contributed by atoms with E-state index in [-0.39, 0.29) is 18.5 Å². The largest absolute Gasteiger partial charge is 0.386 e. The monoisotopic (exact) mass is 417 g/mol. The molecule has 166 valence electrons. The maximum absolute atomic E-state index is 13.3. The van der Waals surface area contributed by atoms with Gasteiger partial charge in [-0.25, -0.2) is 4.39 Å². The molecule has 0 fully saturated rings. The van der Waals surface area contributed by atoms with Gasteiger partial charge in [0.25, 0.3) is 0 Å². The normalized spacial score (nSPS) is 28.4. The van der Waals surface area contributed by atoms with Crippen LogP contribution >= 0.6 is 0 Å². The molecule has 30 heavy (non-hydrogen) atoms. The molecule has 0 radical (unpaired) electrons. The van der Waals surface area contributed by atoms with Gasteiger partial charge in [-0.2, -0.15) is 5.26 Å². The van der Waals surface area contributed by atoms with E-state index in [1.54, 1.807) is 0 Å². The zero-order valence-corrected chi connectivity index (χ0v) is 17.7. The second-order valence-electron chi connectivity index (χ2n) is 8.43. The van der Waals surface area contributed by atoms with E-state index in [0.717, 1.165) is 50.8 Å². The van der Waals surface area contributed by atoms with Gasteiger partial charge in [0.15, 0.2) is 0 Å². The van der Waals surface area contributed by atoms with Crippen LogP contribution < -0.4 is 32.3 Å². The lowest BCUT2D eigenvalue weighted by atomic mass is 9.84. The first-order valence-corrected chi connectivity index (χ1v) is 11.2. The number of nitrogens with zero attached hydrogens (tertiary/aromatic N) is 1. The molecular weight excluding hydrogens is 381 g/mol. The highest BCUT2D eigenvalue weighted by molar-refractivity contribution is 5.24. The Morgan fingerprint density at radius 1 is 1.30 bits per heavy atom. The third kappa shape index (κ3) is 7.40. The van der Waals surface area contributed by atoms with E-state index in [2.05, 4.69) is 38.7 Å². The molecule has 0 aromatic rings. The topological polar surface area (TPSA) is 110 Å². The number of halogens is 1. The Labute approximate surface area is 179 Å². The zero-order chi connectivity index (χ0) is 21.2. The molecular formula is C22H36FN7. The van der Waals surface area contributed by atoms with Crippen LogP contribution in [-0.4, -0.2) is 44.3 Å². The molecule has 3 unspecified atom stereocenters. The number of nitrogens with one attached hydrogen (secondary N) is 5. The van der Waals surface area contributed by atoms with Crippen LogP contribution in [0.1, 0.15) is 44.9 Å². The Morgan fingerprint density at radius 3 is 2.93 bits per heavy atom. The molecule has 3 rings (SSSR count). The molecule has 7 N–H and O–H groups in total. The van der Waals surface area contributed by atoms with Crippen molar-refractivity contribution in [1.29, 1.82) is 5.26 Å². The van der Waals surface area contributed by atoms with Crippen molar-refractivity contribution in [3.8, 4) is 6.07 Å². The second kappa shape index (κ2) is 12.1. The first-order chi connectivity index (χ1) is 14.6. The predicted octanol–water partition coefficient (Wildman–Crippen LogP) is 1.44. The standard InChI is InChI=1S/C22H36FN7/c23-19-6-4-16(5-7-19)14-29-22(25)30-20(18-3-1-2-17(12-18)13-24)8-9-27-21-15-26-10-11-28-21/h4,10-12,18-22,26-30H,1-3,5-9,14-15,25H2/t18?,19-,20-,21?,22?/m1/s1. The van der Waals surface area contributed by atoms with Crippen LogP contribution in [0.3, 0.4) is 0 Å². The van der Waals surface area contributed by atoms with Crippen LogP contribution in [0.2, 0.25) is 0 Å². The van der Waals surface area contributed by atoms with Gasteiger partial charge in [-0.15, -0.1) is 0 Å². The highest BCUT2D eigenvalue weighted by atomic mass is 19.1. The van der Waals surface area contributed by atoms with Crippen LogP contribution in [0, 0.1) is 17.2 Å². The van der Waals surface area contributed by atoms with Gasteiger partial charge < -0.3 is 16.4 Å². The average Bonchev–Trinajstić information content (AvgIpc) is 2.79. The summed E-state index contributed by atoms with van der Waals surface area (Å²) in [5.74, 6) is 0.293. The van der Waals surface area contributed by atoms with E-state index >= 15 is 0 Å². The van der Waals surface area contributed by atoms with Crippen molar-refractivity contribution in [2.24, 2.45) is 11.7 Å². The van der Waals surface area contributed by atoms with Crippen LogP contribution in [0.25, 0.3) is 0 Å². The lowest BCUT2D eigenvalue weighted by molar-refractivity contribution is 0.286. The van der Waals surface area contributed by atoms with Crippen molar-refractivity contribution in [3.05, 3.63) is 35.7 Å². The van der Waals surface area contributed by atoms with E-state index in [9.17, 15) is 9.65 Å². The molecule has 7 nitrogen and oxygen atoms in total. The van der Waals surface area contributed by atoms with E-state index in [1.807, 2.05) is 18.5 Å². The molecule has 0 spiro atoms. The number of hydrogen-bond donors (Lipinski definition) is 6. The van der Waals surface area contributed by atoms with E-state index in [0.29, 0.717) is 25.3 Å². The van der Waals surface area contributed by atoms with Gasteiger partial charge in [0, 0.05) is 37.1 Å². The van der Waals surface area contributed by atoms with Gasteiger partial charge in [0.2, 0.25) is 0 Å². The number of rotatable bonds is 10. The van der Waals surface area contributed by atoms with Gasteiger partial charge in [-0.1, -0.05) is 17.7 Å². The molecule has 0 bridgehead atoms. The fourth-order valence-electron chi connectivity index (χ4n) is 4.34. The van der Waals surface area contributed by atoms with Gasteiger partial charge >= 0.3 is 0 Å². The van der Waals surface area contributed by atoms with E-state index in [4.69, 9.17) is 5.73 Å². The third-order valence-corrected chi connectivity index (χ3v) is 6.11. The lowest BCUT2D eigenvalue weighted by Crippen LogP contribution is -2.56. The van der Waals surface area contributed by atoms with Crippen molar-refractivity contribution >= 4 is 0 Å². The Hall–Kier alpha value is -1.92. The molecule has 1 heterocycles. The fraction of sp³-hybridized carbons (Fsp3) is 0.682. The molecule has 3 aliphatic rings. The highest BCUT2D eigenvalue weighted by Crippen LogP contribution is 2.26. The maximum Gasteiger partial charge on any atom is 0.109 e. The Balaban J connectivity index is 1.51. The summed E-state index contributed by atoms with van der Waals surface area (Å²) in [5.41, 5.74) is 8.45. The zero-order valence-electron chi connectivity index (χ0n) is 17.7. The summed E-state index contributed by atoms with van der Waals surface area (Å²) in [7, 11) is 0. The Kier molecular flexibility index (Phi) is 9.15. The van der Waals surface area contributed by atoms with Crippen molar-refractivity contribution in [2.45, 2.75) is 69.6 Å². The molecule has 0 aromatic heterocycles. The third-order valence-electron chi connectivity index (χ3n) is 6.11. The molecule has 0 aromatic carbocycles. The predicted molar refractivity (Wildman–Crippen MR) is 117 cm³/mol. The summed E-state index contributed by atoms with van der Waals surface area (Å²) in [5, 5.41) is 26.2. The van der Waals surface area contributed by atoms with Crippen molar-refractivity contribution in [2.75, 3.05) is 19.6 Å². The lowest BCUT2D eigenvalue weighted by Gasteiger charge is -2.32. The first-order valence-electron chi connectivity index (χ1n) is 11.2. The van der Waals surface area contributed by atoms with Crippen molar-refractivity contribution < 1.29 is 4.39 Å². The SMILES string of the molecule is N#CC1=CC([C@@H](CCNC2CNC=CN2)NC(N)NCC2=CC[C@@H](F)CC2)CCC1. The smallest absolute Gasteiger partial charge is 0.109 e. The van der Waals surface area contributed by atoms with Gasteiger partial charge in [-0.05, 0) is 57.4 Å². The summed E-state index contributed by atoms with van der Waals surface area (Å²) in [4.78, 5) is 0. The van der Waals surface area contributed by atoms with Crippen molar-refractivity contribution in [3.63, 3.8) is 0 Å². The minimum atomic E-state index is -0.700. The summed E-state index contributed by atoms with van der Waals surface area (Å²) >= 11 is 0. The quantitative estimate of drug-likeness (QED) is 0.236. The molecule has 1 aliphatic heterocycles. The number of hydrogen-bond acceptors (Lipinski definition) is 7. The number of allylic oxidation sites excluding steroid dienone is 2. The van der Waals surface area contributed by atoms with E-state index < -0.39 is 6.17 Å². The Morgan fingerprint density at radius 2 is 2.20 bits per heavy atom. The minimum absolute atomic E-state index is 0.172. The van der Waals surface area contributed by atoms with Crippen LogP contribution in [0.4, 0.5) is 4.39 Å². The van der Waals surface area contributed by atoms with Gasteiger partial charge in [-0.3, -0.25) is 16.0 Å². The average molecular weight is 418 g/mol. The highest BCUT2D eigenvalue weighted by Gasteiger charge is 2.25. The molecule has 2 aliphatic carbocycles. The summed E-state index contributed by atoms with van der Waals surface area (Å²) in [6.07, 6.45) is 12.9. The summed E-state index contributed by atoms with van der Waals surface area (Å²) in [6, 6.07) is 2.50. The molecule has 0 saturated heterocycles. The molecule has 0 amide bonds. The maximum atomic E-state index is 13.3. The summed E-state index contributed by atoms with van der Waals surface area (Å²) in [6.45, 7) is 2.36. The molecule has 0 saturated carbocycles. The number of nitriles is 1. The molecule has 8 heteroatoms. The minimum Gasteiger partial charge on any atom is -0.386 e. The fourth-order valence-corrected chi connectivity index (χ4v) is 4.34. The Bertz CT molecular complexity index is 669. The number of nitrogens with two attached hydrogens (primary N) is 1. The van der Waals surface area contributed by atoms with Gasteiger partial charge in [0.05, 0.1) is 12.2 Å². The van der Waals surface area contributed by atoms with Gasteiger partial charge in [0.1, 0.15) is 12.5 Å². The summed E-state index contributed by atoms with van der Waals surface area (Å²) < 4.78 is 13.3. The van der Waals surface area contributed by atoms with Crippen LogP contribution in [0.5, 0.6) is 0 Å². The first kappa shape index (κ1) is 22.8. The number of alkyl halides is 1. The molecule has 5 atom stereocenters.